The smallest absolute Gasteiger partial charge is 0.226 e. The van der Waals surface area contributed by atoms with E-state index in [0.717, 1.165) is 0 Å². The van der Waals surface area contributed by atoms with Gasteiger partial charge in [0.25, 0.3) is 0 Å². The summed E-state index contributed by atoms with van der Waals surface area (Å²) in [6.07, 6.45) is 1.51. The van der Waals surface area contributed by atoms with Gasteiger partial charge in [0, 0.05) is 11.6 Å². The lowest BCUT2D eigenvalue weighted by atomic mass is 10.3. The number of imidazole rings is 1. The maximum Gasteiger partial charge on any atom is 0.226 e. The van der Waals surface area contributed by atoms with E-state index in [1.54, 1.807) is 12.1 Å². The lowest BCUT2D eigenvalue weighted by molar-refractivity contribution is 0.632. The first kappa shape index (κ1) is 13.6. The van der Waals surface area contributed by atoms with Gasteiger partial charge in [-0.2, -0.15) is 9.97 Å². The van der Waals surface area contributed by atoms with Crippen LogP contribution in [0.4, 0.5) is 21.8 Å². The first-order valence-electron chi connectivity index (χ1n) is 6.34. The molecule has 0 spiro atoms. The molecule has 0 fully saturated rings. The average Bonchev–Trinajstić information content (AvgIpc) is 2.91. The predicted octanol–water partition coefficient (Wildman–Crippen LogP) is 3.32. The first-order chi connectivity index (χ1) is 10.2. The predicted molar refractivity (Wildman–Crippen MR) is 80.5 cm³/mol. The molecule has 0 amide bonds. The number of halogens is 2. The quantitative estimate of drug-likeness (QED) is 0.689. The van der Waals surface area contributed by atoms with Crippen molar-refractivity contribution in [2.24, 2.45) is 0 Å². The van der Waals surface area contributed by atoms with E-state index in [2.05, 4.69) is 30.6 Å². The van der Waals surface area contributed by atoms with E-state index in [9.17, 15) is 4.39 Å². The maximum atomic E-state index is 13.9. The normalized spacial score (nSPS) is 10.8. The number of rotatable bonds is 4. The number of fused-ring (bicyclic) bond motifs is 1. The third-order valence-electron chi connectivity index (χ3n) is 2.80. The van der Waals surface area contributed by atoms with Crippen molar-refractivity contribution in [1.29, 1.82) is 0 Å². The summed E-state index contributed by atoms with van der Waals surface area (Å²) in [7, 11) is 0. The zero-order chi connectivity index (χ0) is 14.8. The summed E-state index contributed by atoms with van der Waals surface area (Å²) in [5, 5.41) is 6.27. The summed E-state index contributed by atoms with van der Waals surface area (Å²) in [5.74, 6) is 0.405. The van der Waals surface area contributed by atoms with Crippen LogP contribution in [-0.2, 0) is 0 Å². The van der Waals surface area contributed by atoms with Gasteiger partial charge in [0.1, 0.15) is 11.3 Å². The molecule has 3 aromatic rings. The van der Waals surface area contributed by atoms with Crippen molar-refractivity contribution in [3.05, 3.63) is 35.4 Å². The Hall–Kier alpha value is -2.41. The molecule has 0 aliphatic carbocycles. The second-order valence-corrected chi connectivity index (χ2v) is 4.71. The monoisotopic (exact) mass is 306 g/mol. The molecule has 0 saturated carbocycles. The van der Waals surface area contributed by atoms with Crippen molar-refractivity contribution < 1.29 is 4.39 Å². The van der Waals surface area contributed by atoms with Crippen molar-refractivity contribution in [2.75, 3.05) is 17.2 Å². The molecule has 6 nitrogen and oxygen atoms in total. The molecule has 0 radical (unpaired) electrons. The number of H-pyrrole nitrogens is 1. The number of aromatic nitrogens is 4. The number of nitrogens with zero attached hydrogens (tertiary/aromatic N) is 3. The van der Waals surface area contributed by atoms with Crippen LogP contribution in [0.5, 0.6) is 0 Å². The number of hydrogen-bond acceptors (Lipinski definition) is 5. The topological polar surface area (TPSA) is 78.5 Å². The molecule has 0 aliphatic rings. The lowest BCUT2D eigenvalue weighted by Crippen LogP contribution is -2.05. The summed E-state index contributed by atoms with van der Waals surface area (Å²) in [6.45, 7) is 2.61. The maximum absolute atomic E-state index is 13.9. The number of aromatic amines is 1. The number of benzene rings is 1. The van der Waals surface area contributed by atoms with Gasteiger partial charge >= 0.3 is 0 Å². The fourth-order valence-corrected chi connectivity index (χ4v) is 2.04. The first-order valence-corrected chi connectivity index (χ1v) is 6.72. The SMILES string of the molecule is CCNc1nc(Nc2ccc(Cl)cc2F)c2[nH]cnc2n1. The highest BCUT2D eigenvalue weighted by Crippen LogP contribution is 2.26. The van der Waals surface area contributed by atoms with Gasteiger partial charge in [-0.15, -0.1) is 0 Å². The Bertz CT molecular complexity index is 787. The van der Waals surface area contributed by atoms with Crippen LogP contribution in [0, 0.1) is 5.82 Å². The molecular formula is C13H12ClFN6. The van der Waals surface area contributed by atoms with Crippen molar-refractivity contribution in [2.45, 2.75) is 6.92 Å². The number of hydrogen-bond donors (Lipinski definition) is 3. The molecule has 3 N–H and O–H groups in total. The molecule has 2 aromatic heterocycles. The highest BCUT2D eigenvalue weighted by atomic mass is 35.5. The second-order valence-electron chi connectivity index (χ2n) is 4.28. The lowest BCUT2D eigenvalue weighted by Gasteiger charge is -2.09. The fourth-order valence-electron chi connectivity index (χ4n) is 1.88. The van der Waals surface area contributed by atoms with Crippen molar-refractivity contribution in [1.82, 2.24) is 19.9 Å². The molecule has 0 aliphatic heterocycles. The highest BCUT2D eigenvalue weighted by molar-refractivity contribution is 6.30. The molecule has 0 unspecified atom stereocenters. The van der Waals surface area contributed by atoms with Crippen LogP contribution in [0.25, 0.3) is 11.2 Å². The molecule has 2 heterocycles. The molecule has 0 atom stereocenters. The summed E-state index contributed by atoms with van der Waals surface area (Å²) in [6, 6.07) is 4.39. The molecule has 3 rings (SSSR count). The van der Waals surface area contributed by atoms with Crippen LogP contribution in [0.2, 0.25) is 5.02 Å². The molecule has 0 bridgehead atoms. The van der Waals surface area contributed by atoms with Gasteiger partial charge < -0.3 is 15.6 Å². The Balaban J connectivity index is 2.04. The molecule has 1 aromatic carbocycles. The van der Waals surface area contributed by atoms with Gasteiger partial charge in [0.2, 0.25) is 5.95 Å². The van der Waals surface area contributed by atoms with Gasteiger partial charge in [-0.3, -0.25) is 0 Å². The average molecular weight is 307 g/mol. The van der Waals surface area contributed by atoms with E-state index in [0.29, 0.717) is 34.5 Å². The van der Waals surface area contributed by atoms with E-state index in [1.165, 1.54) is 12.4 Å². The Kier molecular flexibility index (Phi) is 3.57. The third-order valence-corrected chi connectivity index (χ3v) is 3.04. The molecule has 21 heavy (non-hydrogen) atoms. The standard InChI is InChI=1S/C13H12ClFN6/c1-2-16-13-20-11-10(17-6-18-11)12(21-13)19-9-4-3-7(14)5-8(9)15/h3-6H,2H2,1H3,(H3,16,17,18,19,20,21). The van der Waals surface area contributed by atoms with Crippen molar-refractivity contribution in [3.63, 3.8) is 0 Å². The minimum atomic E-state index is -0.459. The third kappa shape index (κ3) is 2.73. The summed E-state index contributed by atoms with van der Waals surface area (Å²) in [5.41, 5.74) is 1.38. The van der Waals surface area contributed by atoms with Crippen molar-refractivity contribution >= 4 is 40.2 Å². The van der Waals surface area contributed by atoms with E-state index in [1.807, 2.05) is 6.92 Å². The number of anilines is 3. The van der Waals surface area contributed by atoms with E-state index < -0.39 is 5.82 Å². The zero-order valence-corrected chi connectivity index (χ0v) is 11.9. The Morgan fingerprint density at radius 2 is 2.19 bits per heavy atom. The van der Waals surface area contributed by atoms with E-state index in [4.69, 9.17) is 11.6 Å². The Morgan fingerprint density at radius 3 is 2.95 bits per heavy atom. The Labute approximate surface area is 124 Å². The molecule has 0 saturated heterocycles. The van der Waals surface area contributed by atoms with Gasteiger partial charge in [0.15, 0.2) is 11.5 Å². The van der Waals surface area contributed by atoms with Crippen LogP contribution in [0.3, 0.4) is 0 Å². The molecular weight excluding hydrogens is 295 g/mol. The highest BCUT2D eigenvalue weighted by Gasteiger charge is 2.12. The van der Waals surface area contributed by atoms with E-state index >= 15 is 0 Å². The van der Waals surface area contributed by atoms with Crippen LogP contribution in [0.1, 0.15) is 6.92 Å². The van der Waals surface area contributed by atoms with Gasteiger partial charge in [-0.1, -0.05) is 11.6 Å². The minimum Gasteiger partial charge on any atom is -0.354 e. The number of nitrogens with one attached hydrogen (secondary N) is 3. The second kappa shape index (κ2) is 5.53. The zero-order valence-electron chi connectivity index (χ0n) is 11.1. The summed E-state index contributed by atoms with van der Waals surface area (Å²) in [4.78, 5) is 15.6. The fraction of sp³-hybridized carbons (Fsp3) is 0.154. The molecule has 108 valence electrons. The van der Waals surface area contributed by atoms with E-state index in [-0.39, 0.29) is 5.69 Å². The van der Waals surface area contributed by atoms with Crippen LogP contribution in [-0.4, -0.2) is 26.5 Å². The summed E-state index contributed by atoms with van der Waals surface area (Å²) >= 11 is 5.74. The van der Waals surface area contributed by atoms with Crippen LogP contribution in [0.15, 0.2) is 24.5 Å². The largest absolute Gasteiger partial charge is 0.354 e. The molecule has 8 heteroatoms. The van der Waals surface area contributed by atoms with Gasteiger partial charge in [0.05, 0.1) is 12.0 Å². The minimum absolute atomic E-state index is 0.274. The van der Waals surface area contributed by atoms with Crippen LogP contribution < -0.4 is 10.6 Å². The van der Waals surface area contributed by atoms with Crippen molar-refractivity contribution in [3.8, 4) is 0 Å². The van der Waals surface area contributed by atoms with Gasteiger partial charge in [-0.25, -0.2) is 9.37 Å². The van der Waals surface area contributed by atoms with Crippen LogP contribution >= 0.6 is 11.6 Å². The van der Waals surface area contributed by atoms with Gasteiger partial charge in [-0.05, 0) is 25.1 Å². The summed E-state index contributed by atoms with van der Waals surface area (Å²) < 4.78 is 13.9. The Morgan fingerprint density at radius 1 is 1.33 bits per heavy atom.